The Balaban J connectivity index is 1.74. The van der Waals surface area contributed by atoms with Crippen molar-refractivity contribution >= 4 is 0 Å². The van der Waals surface area contributed by atoms with Crippen molar-refractivity contribution in [3.63, 3.8) is 0 Å². The van der Waals surface area contributed by atoms with Crippen LogP contribution in [0.5, 0.6) is 0 Å². The molecule has 2 aliphatic rings. The summed E-state index contributed by atoms with van der Waals surface area (Å²) in [7, 11) is 0. The summed E-state index contributed by atoms with van der Waals surface area (Å²) in [4.78, 5) is 5.36. The highest BCUT2D eigenvalue weighted by Crippen LogP contribution is 2.23. The van der Waals surface area contributed by atoms with Crippen LogP contribution in [0, 0.1) is 5.41 Å². The lowest BCUT2D eigenvalue weighted by Gasteiger charge is -2.42. The Labute approximate surface area is 113 Å². The van der Waals surface area contributed by atoms with Gasteiger partial charge in [0.15, 0.2) is 0 Å². The van der Waals surface area contributed by atoms with E-state index >= 15 is 0 Å². The maximum atomic E-state index is 5.83. The fourth-order valence-electron chi connectivity index (χ4n) is 3.40. The van der Waals surface area contributed by atoms with E-state index in [1.165, 1.54) is 58.3 Å². The zero-order chi connectivity index (χ0) is 13.0. The number of hydrogen-bond donors (Lipinski definition) is 1. The highest BCUT2D eigenvalue weighted by molar-refractivity contribution is 4.84. The van der Waals surface area contributed by atoms with Crippen LogP contribution in [-0.4, -0.2) is 55.1 Å². The van der Waals surface area contributed by atoms with Gasteiger partial charge in [-0.15, -0.1) is 0 Å². The van der Waals surface area contributed by atoms with Crippen LogP contribution in [0.25, 0.3) is 0 Å². The average molecular weight is 253 g/mol. The van der Waals surface area contributed by atoms with Crippen molar-refractivity contribution in [2.75, 3.05) is 39.3 Å². The van der Waals surface area contributed by atoms with Crippen molar-refractivity contribution in [3.8, 4) is 0 Å². The van der Waals surface area contributed by atoms with Gasteiger partial charge in [0.25, 0.3) is 0 Å². The Morgan fingerprint density at radius 3 is 2.17 bits per heavy atom. The van der Waals surface area contributed by atoms with Crippen LogP contribution in [0.3, 0.4) is 0 Å². The second-order valence-corrected chi connectivity index (χ2v) is 6.97. The third-order valence-electron chi connectivity index (χ3n) is 4.67. The summed E-state index contributed by atoms with van der Waals surface area (Å²) in [5.41, 5.74) is 6.11. The third kappa shape index (κ3) is 3.94. The topological polar surface area (TPSA) is 32.5 Å². The van der Waals surface area contributed by atoms with E-state index in [0.29, 0.717) is 0 Å². The van der Waals surface area contributed by atoms with Crippen molar-refractivity contribution in [3.05, 3.63) is 0 Å². The smallest absolute Gasteiger partial charge is 0.0120 e. The Morgan fingerprint density at radius 2 is 1.61 bits per heavy atom. The molecule has 106 valence electrons. The molecule has 0 amide bonds. The lowest BCUT2D eigenvalue weighted by atomic mass is 9.91. The van der Waals surface area contributed by atoms with Gasteiger partial charge < -0.3 is 15.5 Å². The van der Waals surface area contributed by atoms with Crippen LogP contribution >= 0.6 is 0 Å². The van der Waals surface area contributed by atoms with Crippen molar-refractivity contribution in [2.24, 2.45) is 11.1 Å². The van der Waals surface area contributed by atoms with Gasteiger partial charge in [-0.25, -0.2) is 0 Å². The number of hydrogen-bond acceptors (Lipinski definition) is 3. The molecule has 2 N–H and O–H groups in total. The summed E-state index contributed by atoms with van der Waals surface area (Å²) in [6.07, 6.45) is 7.00. The molecule has 2 aliphatic heterocycles. The van der Waals surface area contributed by atoms with Gasteiger partial charge in [0.2, 0.25) is 0 Å². The Kier molecular flexibility index (Phi) is 5.05. The second-order valence-electron chi connectivity index (χ2n) is 6.97. The molecule has 0 saturated carbocycles. The fraction of sp³-hybridized carbons (Fsp3) is 1.00. The quantitative estimate of drug-likeness (QED) is 0.831. The maximum Gasteiger partial charge on any atom is 0.0120 e. The fourth-order valence-corrected chi connectivity index (χ4v) is 3.40. The van der Waals surface area contributed by atoms with Gasteiger partial charge in [-0.1, -0.05) is 20.3 Å². The summed E-state index contributed by atoms with van der Waals surface area (Å²) in [5, 5.41) is 0. The van der Waals surface area contributed by atoms with Crippen LogP contribution in [0.15, 0.2) is 0 Å². The number of nitrogens with two attached hydrogens (primary N) is 1. The first-order valence-corrected chi connectivity index (χ1v) is 7.77. The summed E-state index contributed by atoms with van der Waals surface area (Å²) in [6, 6.07) is 0.863. The van der Waals surface area contributed by atoms with Gasteiger partial charge in [-0.3, -0.25) is 0 Å². The Morgan fingerprint density at radius 1 is 1.00 bits per heavy atom. The van der Waals surface area contributed by atoms with Crippen LogP contribution in [0.4, 0.5) is 0 Å². The van der Waals surface area contributed by atoms with Crippen molar-refractivity contribution in [1.29, 1.82) is 0 Å². The highest BCUT2D eigenvalue weighted by atomic mass is 15.2. The van der Waals surface area contributed by atoms with Crippen LogP contribution < -0.4 is 5.73 Å². The molecule has 3 nitrogen and oxygen atoms in total. The first kappa shape index (κ1) is 14.3. The normalized spacial score (nSPS) is 25.5. The number of piperidine rings is 2. The molecule has 0 aromatic rings. The molecule has 0 bridgehead atoms. The van der Waals surface area contributed by atoms with Crippen LogP contribution in [-0.2, 0) is 0 Å². The molecule has 0 atom stereocenters. The summed E-state index contributed by atoms with van der Waals surface area (Å²) < 4.78 is 0. The van der Waals surface area contributed by atoms with Gasteiger partial charge >= 0.3 is 0 Å². The van der Waals surface area contributed by atoms with E-state index in [0.717, 1.165) is 19.1 Å². The molecule has 18 heavy (non-hydrogen) atoms. The van der Waals surface area contributed by atoms with E-state index in [-0.39, 0.29) is 5.41 Å². The zero-order valence-electron chi connectivity index (χ0n) is 12.3. The predicted molar refractivity (Wildman–Crippen MR) is 77.7 cm³/mol. The monoisotopic (exact) mass is 253 g/mol. The molecule has 3 heteroatoms. The molecule has 0 aromatic carbocycles. The summed E-state index contributed by atoms with van der Waals surface area (Å²) in [5.74, 6) is 0. The highest BCUT2D eigenvalue weighted by Gasteiger charge is 2.28. The van der Waals surface area contributed by atoms with E-state index in [9.17, 15) is 0 Å². The standard InChI is InChI=1S/C15H31N3/c1-15(2,12-16)13-17-10-6-14(7-11-17)18-8-4-3-5-9-18/h14H,3-13,16H2,1-2H3. The molecule has 0 aromatic heterocycles. The Bertz CT molecular complexity index is 238. The second kappa shape index (κ2) is 6.36. The molecule has 0 spiro atoms. The SMILES string of the molecule is CC(C)(CN)CN1CCC(N2CCCCC2)CC1. The predicted octanol–water partition coefficient (Wildman–Crippen LogP) is 1.92. The van der Waals surface area contributed by atoms with Gasteiger partial charge in [0.1, 0.15) is 0 Å². The molecule has 0 unspecified atom stereocenters. The summed E-state index contributed by atoms with van der Waals surface area (Å²) in [6.45, 7) is 11.7. The van der Waals surface area contributed by atoms with E-state index < -0.39 is 0 Å². The molecular weight excluding hydrogens is 222 g/mol. The molecule has 0 aliphatic carbocycles. The summed E-state index contributed by atoms with van der Waals surface area (Å²) >= 11 is 0. The molecule has 2 fully saturated rings. The zero-order valence-corrected chi connectivity index (χ0v) is 12.3. The van der Waals surface area contributed by atoms with E-state index in [1.807, 2.05) is 0 Å². The number of rotatable bonds is 4. The van der Waals surface area contributed by atoms with Gasteiger partial charge in [-0.05, 0) is 63.8 Å². The Hall–Kier alpha value is -0.120. The van der Waals surface area contributed by atoms with E-state index in [2.05, 4.69) is 23.6 Å². The largest absolute Gasteiger partial charge is 0.330 e. The molecule has 2 rings (SSSR count). The minimum atomic E-state index is 0.276. The molecule has 2 saturated heterocycles. The molecule has 0 radical (unpaired) electrons. The van der Waals surface area contributed by atoms with Crippen LogP contribution in [0.2, 0.25) is 0 Å². The number of likely N-dealkylation sites (tertiary alicyclic amines) is 2. The van der Waals surface area contributed by atoms with E-state index in [1.54, 1.807) is 0 Å². The van der Waals surface area contributed by atoms with Gasteiger partial charge in [-0.2, -0.15) is 0 Å². The average Bonchev–Trinajstić information content (AvgIpc) is 2.40. The van der Waals surface area contributed by atoms with Gasteiger partial charge in [0.05, 0.1) is 0 Å². The van der Waals surface area contributed by atoms with Crippen LogP contribution in [0.1, 0.15) is 46.0 Å². The lowest BCUT2D eigenvalue weighted by Crippen LogP contribution is -2.49. The minimum Gasteiger partial charge on any atom is -0.330 e. The van der Waals surface area contributed by atoms with Gasteiger partial charge in [0, 0.05) is 12.6 Å². The van der Waals surface area contributed by atoms with E-state index in [4.69, 9.17) is 5.73 Å². The van der Waals surface area contributed by atoms with Crippen molar-refractivity contribution in [2.45, 2.75) is 52.0 Å². The van der Waals surface area contributed by atoms with Crippen molar-refractivity contribution in [1.82, 2.24) is 9.80 Å². The first-order chi connectivity index (χ1) is 8.61. The molecule has 2 heterocycles. The maximum absolute atomic E-state index is 5.83. The number of nitrogens with zero attached hydrogens (tertiary/aromatic N) is 2. The molecular formula is C15H31N3. The van der Waals surface area contributed by atoms with Crippen molar-refractivity contribution < 1.29 is 0 Å². The third-order valence-corrected chi connectivity index (χ3v) is 4.67. The lowest BCUT2D eigenvalue weighted by molar-refractivity contribution is 0.0755. The first-order valence-electron chi connectivity index (χ1n) is 7.77. The minimum absolute atomic E-state index is 0.276.